The maximum Gasteiger partial charge on any atom is 0.195 e. The van der Waals surface area contributed by atoms with E-state index in [0.29, 0.717) is 18.4 Å². The molecule has 0 saturated carbocycles. The van der Waals surface area contributed by atoms with E-state index in [9.17, 15) is 9.50 Å². The van der Waals surface area contributed by atoms with Crippen LogP contribution >= 0.6 is 15.9 Å². The number of phenols is 2. The van der Waals surface area contributed by atoms with Crippen LogP contribution in [-0.2, 0) is 6.42 Å². The second-order valence-corrected chi connectivity index (χ2v) is 3.71. The zero-order valence-corrected chi connectivity index (χ0v) is 8.88. The molecule has 0 unspecified atom stereocenters. The molecule has 78 valence electrons. The van der Waals surface area contributed by atoms with Gasteiger partial charge in [-0.1, -0.05) is 0 Å². The van der Waals surface area contributed by atoms with E-state index in [4.69, 9.17) is 10.2 Å². The first-order valence-electron chi connectivity index (χ1n) is 4.07. The maximum atomic E-state index is 13.0. The molecule has 0 aliphatic heterocycles. The number of aliphatic hydroxyl groups excluding tert-OH is 1. The van der Waals surface area contributed by atoms with Gasteiger partial charge in [0.2, 0.25) is 0 Å². The molecular weight excluding hydrogens is 255 g/mol. The smallest absolute Gasteiger partial charge is 0.195 e. The lowest BCUT2D eigenvalue weighted by atomic mass is 10.1. The summed E-state index contributed by atoms with van der Waals surface area (Å²) in [7, 11) is 0. The second-order valence-electron chi connectivity index (χ2n) is 2.86. The number of aliphatic hydroxyl groups is 1. The molecule has 0 amide bonds. The Hall–Kier alpha value is -0.810. The predicted molar refractivity (Wildman–Crippen MR) is 52.8 cm³/mol. The van der Waals surface area contributed by atoms with Crippen molar-refractivity contribution in [1.29, 1.82) is 0 Å². The predicted octanol–water partition coefficient (Wildman–Crippen LogP) is 1.92. The summed E-state index contributed by atoms with van der Waals surface area (Å²) in [6.45, 7) is -0.0187. The molecule has 5 heteroatoms. The molecule has 0 heterocycles. The summed E-state index contributed by atoms with van der Waals surface area (Å²) in [5.41, 5.74) is 0.407. The van der Waals surface area contributed by atoms with Gasteiger partial charge in [-0.15, -0.1) is 0 Å². The number of hydrogen-bond donors (Lipinski definition) is 3. The summed E-state index contributed by atoms with van der Waals surface area (Å²) < 4.78 is 13.1. The van der Waals surface area contributed by atoms with Gasteiger partial charge in [-0.25, -0.2) is 4.39 Å². The Kier molecular flexibility index (Phi) is 3.71. The van der Waals surface area contributed by atoms with Crippen LogP contribution in [-0.4, -0.2) is 21.9 Å². The average Bonchev–Trinajstić information content (AvgIpc) is 2.18. The highest BCUT2D eigenvalue weighted by atomic mass is 79.9. The van der Waals surface area contributed by atoms with Crippen molar-refractivity contribution in [1.82, 2.24) is 0 Å². The molecule has 0 bridgehead atoms. The quantitative estimate of drug-likeness (QED) is 0.732. The molecule has 1 aromatic rings. The van der Waals surface area contributed by atoms with Crippen LogP contribution in [0, 0.1) is 5.82 Å². The van der Waals surface area contributed by atoms with E-state index in [0.717, 1.165) is 0 Å². The van der Waals surface area contributed by atoms with E-state index in [2.05, 4.69) is 15.9 Å². The minimum Gasteiger partial charge on any atom is -0.504 e. The van der Waals surface area contributed by atoms with Gasteiger partial charge in [0, 0.05) is 6.61 Å². The minimum absolute atomic E-state index is 0.0187. The van der Waals surface area contributed by atoms with Gasteiger partial charge in [0.05, 0.1) is 4.47 Å². The average molecular weight is 265 g/mol. The first-order valence-corrected chi connectivity index (χ1v) is 4.87. The Labute approximate surface area is 88.9 Å². The van der Waals surface area contributed by atoms with Gasteiger partial charge in [0.15, 0.2) is 17.3 Å². The van der Waals surface area contributed by atoms with Gasteiger partial charge in [0.1, 0.15) is 0 Å². The van der Waals surface area contributed by atoms with E-state index in [-0.39, 0.29) is 11.1 Å². The van der Waals surface area contributed by atoms with E-state index in [1.807, 2.05) is 0 Å². The monoisotopic (exact) mass is 264 g/mol. The summed E-state index contributed by atoms with van der Waals surface area (Å²) in [5, 5.41) is 27.1. The van der Waals surface area contributed by atoms with Crippen LogP contribution in [0.1, 0.15) is 12.0 Å². The second kappa shape index (κ2) is 4.61. The van der Waals surface area contributed by atoms with Crippen molar-refractivity contribution in [2.24, 2.45) is 0 Å². The van der Waals surface area contributed by atoms with Crippen LogP contribution < -0.4 is 0 Å². The number of phenolic OH excluding ortho intramolecular Hbond substituents is 2. The molecule has 3 N–H and O–H groups in total. The number of aromatic hydroxyl groups is 2. The molecule has 0 aliphatic rings. The molecule has 3 nitrogen and oxygen atoms in total. The number of halogens is 2. The lowest BCUT2D eigenvalue weighted by molar-refractivity contribution is 0.287. The Morgan fingerprint density at radius 3 is 2.50 bits per heavy atom. The first kappa shape index (κ1) is 11.3. The number of aryl methyl sites for hydroxylation is 1. The van der Waals surface area contributed by atoms with Crippen molar-refractivity contribution in [3.63, 3.8) is 0 Å². The number of rotatable bonds is 3. The van der Waals surface area contributed by atoms with Crippen LogP contribution in [0.15, 0.2) is 10.5 Å². The summed E-state index contributed by atoms with van der Waals surface area (Å²) in [6.07, 6.45) is 0.833. The maximum absolute atomic E-state index is 13.0. The molecule has 14 heavy (non-hydrogen) atoms. The van der Waals surface area contributed by atoms with Crippen LogP contribution in [0.4, 0.5) is 4.39 Å². The fraction of sp³-hybridized carbons (Fsp3) is 0.333. The largest absolute Gasteiger partial charge is 0.504 e. The standard InChI is InChI=1S/C9H10BrFO3/c10-6-4-5(2-1-3-12)8(13)9(14)7(6)11/h4,12-14H,1-3H2. The molecule has 1 rings (SSSR count). The Bertz CT molecular complexity index is 341. The van der Waals surface area contributed by atoms with Crippen molar-refractivity contribution in [2.75, 3.05) is 6.61 Å². The molecule has 0 aromatic heterocycles. The molecule has 0 fully saturated rings. The number of hydrogen-bond acceptors (Lipinski definition) is 3. The van der Waals surface area contributed by atoms with Gasteiger partial charge >= 0.3 is 0 Å². The van der Waals surface area contributed by atoms with Gasteiger partial charge in [-0.05, 0) is 40.4 Å². The van der Waals surface area contributed by atoms with Crippen molar-refractivity contribution in [2.45, 2.75) is 12.8 Å². The topological polar surface area (TPSA) is 60.7 Å². The molecular formula is C9H10BrFO3. The van der Waals surface area contributed by atoms with E-state index < -0.39 is 17.3 Å². The zero-order chi connectivity index (χ0) is 10.7. The Morgan fingerprint density at radius 2 is 1.93 bits per heavy atom. The normalized spacial score (nSPS) is 10.5. The summed E-state index contributed by atoms with van der Waals surface area (Å²) in [5.74, 6) is -2.10. The molecule has 0 atom stereocenters. The highest BCUT2D eigenvalue weighted by Gasteiger charge is 2.15. The summed E-state index contributed by atoms with van der Waals surface area (Å²) in [4.78, 5) is 0. The molecule has 0 aliphatic carbocycles. The van der Waals surface area contributed by atoms with E-state index in [1.54, 1.807) is 0 Å². The van der Waals surface area contributed by atoms with E-state index >= 15 is 0 Å². The van der Waals surface area contributed by atoms with Crippen LogP contribution in [0.2, 0.25) is 0 Å². The SMILES string of the molecule is OCCCc1cc(Br)c(F)c(O)c1O. The summed E-state index contributed by atoms with van der Waals surface area (Å²) >= 11 is 2.91. The van der Waals surface area contributed by atoms with Crippen molar-refractivity contribution < 1.29 is 19.7 Å². The molecule has 0 radical (unpaired) electrons. The number of benzene rings is 1. The first-order chi connectivity index (χ1) is 6.57. The van der Waals surface area contributed by atoms with E-state index in [1.165, 1.54) is 6.07 Å². The third kappa shape index (κ3) is 2.16. The fourth-order valence-corrected chi connectivity index (χ4v) is 1.58. The lowest BCUT2D eigenvalue weighted by Gasteiger charge is -2.07. The molecule has 0 spiro atoms. The van der Waals surface area contributed by atoms with Gasteiger partial charge < -0.3 is 15.3 Å². The minimum atomic E-state index is -0.879. The van der Waals surface area contributed by atoms with Crippen LogP contribution in [0.25, 0.3) is 0 Å². The fourth-order valence-electron chi connectivity index (χ4n) is 1.11. The zero-order valence-electron chi connectivity index (χ0n) is 7.30. The van der Waals surface area contributed by atoms with Crippen molar-refractivity contribution in [3.8, 4) is 11.5 Å². The van der Waals surface area contributed by atoms with Gasteiger partial charge in [-0.2, -0.15) is 0 Å². The molecule has 1 aromatic carbocycles. The Morgan fingerprint density at radius 1 is 1.29 bits per heavy atom. The van der Waals surface area contributed by atoms with Crippen LogP contribution in [0.5, 0.6) is 11.5 Å². The summed E-state index contributed by atoms with van der Waals surface area (Å²) in [6, 6.07) is 1.39. The van der Waals surface area contributed by atoms with Gasteiger partial charge in [-0.3, -0.25) is 0 Å². The van der Waals surface area contributed by atoms with Crippen molar-refractivity contribution >= 4 is 15.9 Å². The third-order valence-corrected chi connectivity index (χ3v) is 2.43. The third-order valence-electron chi connectivity index (χ3n) is 1.85. The van der Waals surface area contributed by atoms with Gasteiger partial charge in [0.25, 0.3) is 0 Å². The molecule has 0 saturated heterocycles. The van der Waals surface area contributed by atoms with Crippen LogP contribution in [0.3, 0.4) is 0 Å². The lowest BCUT2D eigenvalue weighted by Crippen LogP contribution is -1.92. The highest BCUT2D eigenvalue weighted by molar-refractivity contribution is 9.10. The highest BCUT2D eigenvalue weighted by Crippen LogP contribution is 2.36. The Balaban J connectivity index is 3.06. The van der Waals surface area contributed by atoms with Crippen molar-refractivity contribution in [3.05, 3.63) is 21.9 Å².